The van der Waals surface area contributed by atoms with Crippen LogP contribution in [-0.2, 0) is 9.53 Å². The topological polar surface area (TPSA) is 55.8 Å². The molecule has 5 nitrogen and oxygen atoms in total. The molecule has 0 spiro atoms. The van der Waals surface area contributed by atoms with Crippen molar-refractivity contribution in [3.63, 3.8) is 0 Å². The summed E-state index contributed by atoms with van der Waals surface area (Å²) in [5, 5.41) is 0. The monoisotopic (exact) mass is 299 g/mol. The Bertz CT molecular complexity index is 500. The molecule has 0 saturated carbocycles. The molecule has 0 saturated heterocycles. The van der Waals surface area contributed by atoms with Gasteiger partial charge in [0.25, 0.3) is 5.91 Å². The fourth-order valence-corrected chi connectivity index (χ4v) is 2.04. The molecule has 0 bridgehead atoms. The number of halogens is 1. The number of hydrogen-bond acceptors (Lipinski definition) is 4. The first-order valence-corrected chi connectivity index (χ1v) is 5.65. The number of carbonyl (C=O) groups excluding carboxylic acids is 2. The molecule has 0 fully saturated rings. The van der Waals surface area contributed by atoms with Crippen molar-refractivity contribution in [2.24, 2.45) is 0 Å². The highest BCUT2D eigenvalue weighted by Crippen LogP contribution is 2.36. The number of nitrogens with zero attached hydrogens (tertiary/aromatic N) is 1. The van der Waals surface area contributed by atoms with E-state index in [1.54, 1.807) is 19.2 Å². The minimum absolute atomic E-state index is 0.00745. The molecule has 1 aliphatic heterocycles. The van der Waals surface area contributed by atoms with Gasteiger partial charge in [-0.1, -0.05) is 0 Å². The normalized spacial score (nSPS) is 14.1. The van der Waals surface area contributed by atoms with Crippen LogP contribution in [0.3, 0.4) is 0 Å². The van der Waals surface area contributed by atoms with Gasteiger partial charge in [-0.25, -0.2) is 4.79 Å². The first kappa shape index (κ1) is 11.9. The van der Waals surface area contributed by atoms with Gasteiger partial charge in [0.15, 0.2) is 6.61 Å². The van der Waals surface area contributed by atoms with Gasteiger partial charge in [0.05, 0.1) is 18.4 Å². The van der Waals surface area contributed by atoms with Gasteiger partial charge in [0, 0.05) is 11.5 Å². The Morgan fingerprint density at radius 1 is 1.53 bits per heavy atom. The van der Waals surface area contributed by atoms with E-state index in [0.717, 1.165) is 0 Å². The predicted octanol–water partition coefficient (Wildman–Crippen LogP) is 1.59. The lowest BCUT2D eigenvalue weighted by Gasteiger charge is -2.26. The number of fused-ring (bicyclic) bond motifs is 1. The van der Waals surface area contributed by atoms with Crippen molar-refractivity contribution in [1.82, 2.24) is 0 Å². The highest BCUT2D eigenvalue weighted by Gasteiger charge is 2.25. The molecule has 1 amide bonds. The fraction of sp³-hybridized carbons (Fsp3) is 0.273. The summed E-state index contributed by atoms with van der Waals surface area (Å²) in [5.74, 6) is -0.0617. The number of likely N-dealkylation sites (N-methyl/N-ethyl adjacent to an activating group) is 1. The minimum atomic E-state index is -0.467. The standard InChI is InChI=1S/C11H10BrNO4/c1-13-8-3-6(11(15)16-2)7(12)4-9(8)17-5-10(13)14/h3-4H,5H2,1-2H3. The van der Waals surface area contributed by atoms with Crippen molar-refractivity contribution in [2.45, 2.75) is 0 Å². The molecular weight excluding hydrogens is 290 g/mol. The molecule has 2 rings (SSSR count). The molecular formula is C11H10BrNO4. The van der Waals surface area contributed by atoms with E-state index in [4.69, 9.17) is 4.74 Å². The van der Waals surface area contributed by atoms with Crippen LogP contribution in [0, 0.1) is 0 Å². The lowest BCUT2D eigenvalue weighted by molar-refractivity contribution is -0.120. The van der Waals surface area contributed by atoms with E-state index in [1.165, 1.54) is 12.0 Å². The Morgan fingerprint density at radius 3 is 2.88 bits per heavy atom. The highest BCUT2D eigenvalue weighted by molar-refractivity contribution is 9.10. The van der Waals surface area contributed by atoms with Crippen LogP contribution in [0.2, 0.25) is 0 Å². The molecule has 1 aromatic rings. The van der Waals surface area contributed by atoms with E-state index in [9.17, 15) is 9.59 Å². The molecule has 90 valence electrons. The molecule has 6 heteroatoms. The van der Waals surface area contributed by atoms with Gasteiger partial charge in [-0.05, 0) is 28.1 Å². The lowest BCUT2D eigenvalue weighted by atomic mass is 10.1. The molecule has 0 radical (unpaired) electrons. The summed E-state index contributed by atoms with van der Waals surface area (Å²) in [6.45, 7) is 0.00745. The Balaban J connectivity index is 2.54. The second-order valence-electron chi connectivity index (χ2n) is 3.53. The first-order valence-electron chi connectivity index (χ1n) is 4.86. The molecule has 0 atom stereocenters. The third-order valence-electron chi connectivity index (χ3n) is 2.54. The Hall–Kier alpha value is -1.56. The summed E-state index contributed by atoms with van der Waals surface area (Å²) in [6, 6.07) is 3.23. The van der Waals surface area contributed by atoms with Crippen LogP contribution >= 0.6 is 15.9 Å². The van der Waals surface area contributed by atoms with E-state index < -0.39 is 5.97 Å². The summed E-state index contributed by atoms with van der Waals surface area (Å²) in [6.07, 6.45) is 0. The number of anilines is 1. The maximum absolute atomic E-state index is 11.5. The second kappa shape index (κ2) is 4.37. The van der Waals surface area contributed by atoms with E-state index in [2.05, 4.69) is 20.7 Å². The van der Waals surface area contributed by atoms with Crippen LogP contribution in [0.5, 0.6) is 5.75 Å². The van der Waals surface area contributed by atoms with E-state index in [1.807, 2.05) is 0 Å². The Kier molecular flexibility index (Phi) is 3.06. The smallest absolute Gasteiger partial charge is 0.339 e. The zero-order valence-corrected chi connectivity index (χ0v) is 10.9. The van der Waals surface area contributed by atoms with Gasteiger partial charge in [0.1, 0.15) is 5.75 Å². The van der Waals surface area contributed by atoms with Gasteiger partial charge >= 0.3 is 5.97 Å². The zero-order valence-electron chi connectivity index (χ0n) is 9.32. The van der Waals surface area contributed by atoms with Crippen LogP contribution in [0.4, 0.5) is 5.69 Å². The Labute approximate surface area is 106 Å². The highest BCUT2D eigenvalue weighted by atomic mass is 79.9. The molecule has 0 aliphatic carbocycles. The van der Waals surface area contributed by atoms with Crippen LogP contribution in [0.15, 0.2) is 16.6 Å². The summed E-state index contributed by atoms with van der Waals surface area (Å²) in [5.41, 5.74) is 0.918. The van der Waals surface area contributed by atoms with Crippen molar-refractivity contribution in [2.75, 3.05) is 25.7 Å². The average Bonchev–Trinajstić information content (AvgIpc) is 2.32. The van der Waals surface area contributed by atoms with Crippen LogP contribution in [0.1, 0.15) is 10.4 Å². The summed E-state index contributed by atoms with van der Waals surface area (Å²) >= 11 is 3.27. The summed E-state index contributed by atoms with van der Waals surface area (Å²) in [4.78, 5) is 24.4. The fourth-order valence-electron chi connectivity index (χ4n) is 1.56. The Morgan fingerprint density at radius 2 is 2.24 bits per heavy atom. The van der Waals surface area contributed by atoms with Crippen molar-refractivity contribution >= 4 is 33.5 Å². The number of amides is 1. The molecule has 0 N–H and O–H groups in total. The third-order valence-corrected chi connectivity index (χ3v) is 3.20. The first-order chi connectivity index (χ1) is 8.04. The summed E-state index contributed by atoms with van der Waals surface area (Å²) in [7, 11) is 2.94. The minimum Gasteiger partial charge on any atom is -0.482 e. The van der Waals surface area contributed by atoms with E-state index in [-0.39, 0.29) is 12.5 Å². The predicted molar refractivity (Wildman–Crippen MR) is 64.4 cm³/mol. The number of ether oxygens (including phenoxy) is 2. The molecule has 1 aromatic carbocycles. The third kappa shape index (κ3) is 2.00. The molecule has 1 aliphatic rings. The van der Waals surface area contributed by atoms with Gasteiger partial charge in [0.2, 0.25) is 0 Å². The van der Waals surface area contributed by atoms with Gasteiger partial charge < -0.3 is 14.4 Å². The van der Waals surface area contributed by atoms with Crippen molar-refractivity contribution < 1.29 is 19.1 Å². The van der Waals surface area contributed by atoms with Crippen molar-refractivity contribution in [3.8, 4) is 5.75 Å². The van der Waals surface area contributed by atoms with Gasteiger partial charge in [-0.2, -0.15) is 0 Å². The van der Waals surface area contributed by atoms with Crippen LogP contribution < -0.4 is 9.64 Å². The quantitative estimate of drug-likeness (QED) is 0.739. The number of benzene rings is 1. The second-order valence-corrected chi connectivity index (χ2v) is 4.39. The van der Waals surface area contributed by atoms with E-state index in [0.29, 0.717) is 21.5 Å². The maximum atomic E-state index is 11.5. The average molecular weight is 300 g/mol. The van der Waals surface area contributed by atoms with Crippen LogP contribution in [-0.4, -0.2) is 32.6 Å². The number of carbonyl (C=O) groups is 2. The van der Waals surface area contributed by atoms with Crippen LogP contribution in [0.25, 0.3) is 0 Å². The molecule has 17 heavy (non-hydrogen) atoms. The number of esters is 1. The van der Waals surface area contributed by atoms with Gasteiger partial charge in [-0.3, -0.25) is 4.79 Å². The zero-order chi connectivity index (χ0) is 12.6. The largest absolute Gasteiger partial charge is 0.482 e. The maximum Gasteiger partial charge on any atom is 0.339 e. The molecule has 1 heterocycles. The molecule has 0 aromatic heterocycles. The van der Waals surface area contributed by atoms with Crippen molar-refractivity contribution in [1.29, 1.82) is 0 Å². The SMILES string of the molecule is COC(=O)c1cc2c(cc1Br)OCC(=O)N2C. The number of rotatable bonds is 1. The van der Waals surface area contributed by atoms with Crippen molar-refractivity contribution in [3.05, 3.63) is 22.2 Å². The number of hydrogen-bond donors (Lipinski definition) is 0. The molecule has 0 unspecified atom stereocenters. The number of methoxy groups -OCH3 is 1. The summed E-state index contributed by atoms with van der Waals surface area (Å²) < 4.78 is 10.5. The van der Waals surface area contributed by atoms with E-state index >= 15 is 0 Å². The lowest BCUT2D eigenvalue weighted by Crippen LogP contribution is -2.35. The van der Waals surface area contributed by atoms with Gasteiger partial charge in [-0.15, -0.1) is 0 Å².